The summed E-state index contributed by atoms with van der Waals surface area (Å²) in [6.45, 7) is 3.84. The molecule has 0 saturated heterocycles. The summed E-state index contributed by atoms with van der Waals surface area (Å²) in [5.74, 6) is 0.460. The van der Waals surface area contributed by atoms with Gasteiger partial charge in [0.1, 0.15) is 5.75 Å². The maximum absolute atomic E-state index is 11.7. The van der Waals surface area contributed by atoms with Gasteiger partial charge in [0, 0.05) is 13.2 Å². The third-order valence-corrected chi connectivity index (χ3v) is 3.13. The van der Waals surface area contributed by atoms with E-state index in [9.17, 15) is 4.79 Å². The molecule has 2 rings (SSSR count). The number of benzene rings is 1. The van der Waals surface area contributed by atoms with Crippen LogP contribution in [0.5, 0.6) is 5.75 Å². The van der Waals surface area contributed by atoms with Crippen LogP contribution in [0.1, 0.15) is 16.8 Å². The van der Waals surface area contributed by atoms with E-state index >= 15 is 0 Å². The number of aromatic nitrogens is 1. The molecule has 0 radical (unpaired) electrons. The smallest absolute Gasteiger partial charge is 0.277 e. The van der Waals surface area contributed by atoms with Crippen molar-refractivity contribution >= 4 is 12.1 Å². The van der Waals surface area contributed by atoms with Gasteiger partial charge in [-0.05, 0) is 37.1 Å². The molecule has 0 saturated carbocycles. The van der Waals surface area contributed by atoms with E-state index in [1.807, 2.05) is 62.0 Å². The summed E-state index contributed by atoms with van der Waals surface area (Å²) >= 11 is 0. The lowest BCUT2D eigenvalue weighted by Gasteiger charge is -2.10. The first-order valence-corrected chi connectivity index (χ1v) is 6.70. The van der Waals surface area contributed by atoms with E-state index in [-0.39, 0.29) is 12.5 Å². The van der Waals surface area contributed by atoms with Gasteiger partial charge in [-0.2, -0.15) is 5.10 Å². The number of nitrogens with one attached hydrogen (secondary N) is 1. The zero-order valence-corrected chi connectivity index (χ0v) is 12.5. The van der Waals surface area contributed by atoms with Crippen molar-refractivity contribution in [2.75, 3.05) is 6.61 Å². The number of carbonyl (C=O) groups is 1. The zero-order valence-electron chi connectivity index (χ0n) is 12.5. The molecule has 0 atom stereocenters. The van der Waals surface area contributed by atoms with Crippen molar-refractivity contribution in [3.63, 3.8) is 0 Å². The summed E-state index contributed by atoms with van der Waals surface area (Å²) in [6, 6.07) is 9.68. The fraction of sp³-hybridized carbons (Fsp3) is 0.250. The van der Waals surface area contributed by atoms with Gasteiger partial charge in [0.2, 0.25) is 0 Å². The second kappa shape index (κ2) is 6.74. The molecule has 1 amide bonds. The van der Waals surface area contributed by atoms with Gasteiger partial charge in [-0.15, -0.1) is 0 Å². The van der Waals surface area contributed by atoms with Gasteiger partial charge in [-0.3, -0.25) is 4.79 Å². The highest BCUT2D eigenvalue weighted by atomic mass is 16.5. The van der Waals surface area contributed by atoms with Crippen LogP contribution in [0.4, 0.5) is 0 Å². The highest BCUT2D eigenvalue weighted by molar-refractivity contribution is 5.81. The second-order valence-electron chi connectivity index (χ2n) is 4.85. The van der Waals surface area contributed by atoms with Crippen LogP contribution < -0.4 is 10.2 Å². The summed E-state index contributed by atoms with van der Waals surface area (Å²) in [4.78, 5) is 11.7. The van der Waals surface area contributed by atoms with Crippen LogP contribution in [0.2, 0.25) is 0 Å². The molecule has 1 heterocycles. The lowest BCUT2D eigenvalue weighted by atomic mass is 10.1. The Morgan fingerprint density at radius 1 is 1.29 bits per heavy atom. The van der Waals surface area contributed by atoms with Crippen molar-refractivity contribution in [1.29, 1.82) is 0 Å². The van der Waals surface area contributed by atoms with Gasteiger partial charge < -0.3 is 9.30 Å². The summed E-state index contributed by atoms with van der Waals surface area (Å²) < 4.78 is 7.46. The predicted molar refractivity (Wildman–Crippen MR) is 82.6 cm³/mol. The molecule has 0 aliphatic carbocycles. The summed E-state index contributed by atoms with van der Waals surface area (Å²) in [6.07, 6.45) is 3.50. The first kappa shape index (κ1) is 14.8. The highest BCUT2D eigenvalue weighted by Gasteiger charge is 2.06. The topological polar surface area (TPSA) is 55.6 Å². The summed E-state index contributed by atoms with van der Waals surface area (Å²) in [7, 11) is 1.91. The van der Waals surface area contributed by atoms with E-state index in [1.165, 1.54) is 0 Å². The standard InChI is InChI=1S/C16H19N3O2/c1-12-6-4-7-13(2)16(12)21-11-15(20)18-17-10-14-8-5-9-19(14)3/h4-10H,11H2,1-3H3,(H,18,20)/b17-10-. The van der Waals surface area contributed by atoms with Gasteiger partial charge in [0.15, 0.2) is 6.61 Å². The molecular formula is C16H19N3O2. The van der Waals surface area contributed by atoms with Crippen LogP contribution >= 0.6 is 0 Å². The molecule has 0 aliphatic rings. The number of aryl methyl sites for hydroxylation is 3. The van der Waals surface area contributed by atoms with E-state index in [0.717, 1.165) is 22.6 Å². The maximum Gasteiger partial charge on any atom is 0.277 e. The molecule has 2 aromatic rings. The van der Waals surface area contributed by atoms with Gasteiger partial charge in [0.05, 0.1) is 11.9 Å². The van der Waals surface area contributed by atoms with E-state index in [1.54, 1.807) is 6.21 Å². The number of rotatable bonds is 5. The minimum Gasteiger partial charge on any atom is -0.483 e. The molecule has 0 bridgehead atoms. The van der Waals surface area contributed by atoms with Crippen LogP contribution in [0.25, 0.3) is 0 Å². The largest absolute Gasteiger partial charge is 0.483 e. The molecule has 5 heteroatoms. The van der Waals surface area contributed by atoms with Gasteiger partial charge in [0.25, 0.3) is 5.91 Å². The fourth-order valence-electron chi connectivity index (χ4n) is 1.98. The molecule has 1 aromatic heterocycles. The number of nitrogens with zero attached hydrogens (tertiary/aromatic N) is 2. The van der Waals surface area contributed by atoms with E-state index < -0.39 is 0 Å². The minimum atomic E-state index is -0.289. The number of hydrogen-bond acceptors (Lipinski definition) is 3. The number of amides is 1. The maximum atomic E-state index is 11.7. The molecular weight excluding hydrogens is 266 g/mol. The Morgan fingerprint density at radius 2 is 2.00 bits per heavy atom. The molecule has 1 aromatic carbocycles. The number of hydrogen-bond donors (Lipinski definition) is 1. The van der Waals surface area contributed by atoms with Gasteiger partial charge in [-0.1, -0.05) is 18.2 Å². The van der Waals surface area contributed by atoms with E-state index in [2.05, 4.69) is 10.5 Å². The van der Waals surface area contributed by atoms with Crippen molar-refractivity contribution in [2.24, 2.45) is 12.1 Å². The van der Waals surface area contributed by atoms with Crippen molar-refractivity contribution in [3.8, 4) is 5.75 Å². The van der Waals surface area contributed by atoms with Crippen molar-refractivity contribution in [1.82, 2.24) is 9.99 Å². The van der Waals surface area contributed by atoms with Crippen molar-refractivity contribution in [2.45, 2.75) is 13.8 Å². The SMILES string of the molecule is Cc1cccc(C)c1OCC(=O)N/N=C\c1cccn1C. The third-order valence-electron chi connectivity index (χ3n) is 3.13. The first-order valence-electron chi connectivity index (χ1n) is 6.70. The first-order chi connectivity index (χ1) is 10.1. The third kappa shape index (κ3) is 3.95. The second-order valence-corrected chi connectivity index (χ2v) is 4.85. The summed E-state index contributed by atoms with van der Waals surface area (Å²) in [5.41, 5.74) is 5.38. The number of para-hydroxylation sites is 1. The Balaban J connectivity index is 1.85. The van der Waals surface area contributed by atoms with Gasteiger partial charge in [-0.25, -0.2) is 5.43 Å². The monoisotopic (exact) mass is 285 g/mol. The minimum absolute atomic E-state index is 0.0594. The zero-order chi connectivity index (χ0) is 15.2. The number of ether oxygens (including phenoxy) is 1. The Labute approximate surface area is 124 Å². The summed E-state index contributed by atoms with van der Waals surface area (Å²) in [5, 5.41) is 3.91. The highest BCUT2D eigenvalue weighted by Crippen LogP contribution is 2.21. The molecule has 0 aliphatic heterocycles. The van der Waals surface area contributed by atoms with Crippen LogP contribution in [0.3, 0.4) is 0 Å². The molecule has 110 valence electrons. The predicted octanol–water partition coefficient (Wildman–Crippen LogP) is 2.17. The quantitative estimate of drug-likeness (QED) is 0.676. The average molecular weight is 285 g/mol. The molecule has 0 fully saturated rings. The average Bonchev–Trinajstić information content (AvgIpc) is 2.84. The van der Waals surface area contributed by atoms with E-state index in [4.69, 9.17) is 4.74 Å². The fourth-order valence-corrected chi connectivity index (χ4v) is 1.98. The van der Waals surface area contributed by atoms with Crippen LogP contribution in [-0.4, -0.2) is 23.3 Å². The Kier molecular flexibility index (Phi) is 4.77. The van der Waals surface area contributed by atoms with Crippen LogP contribution in [-0.2, 0) is 11.8 Å². The van der Waals surface area contributed by atoms with Crippen molar-refractivity contribution < 1.29 is 9.53 Å². The number of hydrazone groups is 1. The molecule has 1 N–H and O–H groups in total. The van der Waals surface area contributed by atoms with E-state index in [0.29, 0.717) is 0 Å². The molecule has 5 nitrogen and oxygen atoms in total. The van der Waals surface area contributed by atoms with Crippen LogP contribution in [0.15, 0.2) is 41.6 Å². The Hall–Kier alpha value is -2.56. The Bertz CT molecular complexity index is 639. The van der Waals surface area contributed by atoms with Crippen LogP contribution in [0, 0.1) is 13.8 Å². The van der Waals surface area contributed by atoms with Crippen molar-refractivity contribution in [3.05, 3.63) is 53.3 Å². The Morgan fingerprint density at radius 3 is 2.62 bits per heavy atom. The molecule has 0 spiro atoms. The van der Waals surface area contributed by atoms with Gasteiger partial charge >= 0.3 is 0 Å². The molecule has 0 unspecified atom stereocenters. The normalized spacial score (nSPS) is 10.8. The number of carbonyl (C=O) groups excluding carboxylic acids is 1. The lowest BCUT2D eigenvalue weighted by molar-refractivity contribution is -0.123. The molecule has 21 heavy (non-hydrogen) atoms. The lowest BCUT2D eigenvalue weighted by Crippen LogP contribution is -2.25.